The molecule has 0 radical (unpaired) electrons. The van der Waals surface area contributed by atoms with Gasteiger partial charge in [-0.3, -0.25) is 9.69 Å². The first-order valence-electron chi connectivity index (χ1n) is 6.82. The number of ether oxygens (including phenoxy) is 1. The van der Waals surface area contributed by atoms with Gasteiger partial charge in [-0.05, 0) is 31.5 Å². The molecule has 0 bridgehead atoms. The second-order valence-corrected chi connectivity index (χ2v) is 5.52. The van der Waals surface area contributed by atoms with Crippen LogP contribution in [0.2, 0.25) is 0 Å². The summed E-state index contributed by atoms with van der Waals surface area (Å²) < 4.78 is 29.9. The second-order valence-electron chi connectivity index (χ2n) is 4.90. The Morgan fingerprint density at radius 3 is 2.48 bits per heavy atom. The Morgan fingerprint density at radius 2 is 2.00 bits per heavy atom. The number of nitrogens with zero attached hydrogens (tertiary/aromatic N) is 2. The lowest BCUT2D eigenvalue weighted by molar-refractivity contribution is -0.128. The van der Waals surface area contributed by atoms with Crippen LogP contribution in [0.1, 0.15) is 19.4 Å². The lowest BCUT2D eigenvalue weighted by Crippen LogP contribution is -2.47. The minimum atomic E-state index is -2.64. The third-order valence-electron chi connectivity index (χ3n) is 2.99. The second kappa shape index (κ2) is 8.28. The number of carbonyl (C=O) groups excluding carboxylic acids is 2. The van der Waals surface area contributed by atoms with E-state index in [-0.39, 0.29) is 23.9 Å². The first kappa shape index (κ1) is 18.6. The summed E-state index contributed by atoms with van der Waals surface area (Å²) in [5.41, 5.74) is 0.622. The van der Waals surface area contributed by atoms with E-state index >= 15 is 0 Å². The van der Waals surface area contributed by atoms with E-state index < -0.39 is 22.4 Å². The first-order valence-corrected chi connectivity index (χ1v) is 7.85. The van der Waals surface area contributed by atoms with Crippen molar-refractivity contribution in [3.8, 4) is 5.75 Å². The Labute approximate surface area is 136 Å². The molecular formula is C14H19N3O5S. The summed E-state index contributed by atoms with van der Waals surface area (Å²) in [6.45, 7) is 3.45. The zero-order valence-corrected chi connectivity index (χ0v) is 14.2. The topological polar surface area (TPSA) is 105 Å². The molecule has 0 saturated heterocycles. The fraction of sp³-hybridized carbons (Fsp3) is 0.429. The number of methoxy groups -OCH3 is 1. The molecule has 0 heterocycles. The molecule has 0 aliphatic heterocycles. The van der Waals surface area contributed by atoms with E-state index in [1.54, 1.807) is 19.9 Å². The van der Waals surface area contributed by atoms with E-state index in [9.17, 15) is 18.0 Å². The highest BCUT2D eigenvalue weighted by atomic mass is 32.2. The van der Waals surface area contributed by atoms with Gasteiger partial charge in [0, 0.05) is 13.1 Å². The number of amides is 3. The third kappa shape index (κ3) is 5.06. The highest BCUT2D eigenvalue weighted by Crippen LogP contribution is 2.28. The summed E-state index contributed by atoms with van der Waals surface area (Å²) in [7, 11) is 0.193. The zero-order chi connectivity index (χ0) is 17.6. The Hall–Kier alpha value is -2.42. The monoisotopic (exact) mass is 341 g/mol. The number of hydrogen-bond acceptors (Lipinski definition) is 6. The van der Waals surface area contributed by atoms with Gasteiger partial charge in [-0.15, -0.1) is 4.36 Å². The van der Waals surface area contributed by atoms with Crippen LogP contribution < -0.4 is 10.1 Å². The number of benzene rings is 1. The van der Waals surface area contributed by atoms with Crippen LogP contribution in [0.15, 0.2) is 22.6 Å². The molecule has 126 valence electrons. The number of nitrogens with one attached hydrogen (secondary N) is 1. The van der Waals surface area contributed by atoms with Crippen LogP contribution >= 0.6 is 0 Å². The van der Waals surface area contributed by atoms with Crippen LogP contribution in [0.4, 0.5) is 10.5 Å². The molecule has 23 heavy (non-hydrogen) atoms. The molecule has 0 saturated carbocycles. The van der Waals surface area contributed by atoms with Crippen molar-refractivity contribution in [1.29, 1.82) is 0 Å². The van der Waals surface area contributed by atoms with Gasteiger partial charge in [0.05, 0.1) is 13.5 Å². The summed E-state index contributed by atoms with van der Waals surface area (Å²) >= 11 is 0. The molecular weight excluding hydrogens is 322 g/mol. The van der Waals surface area contributed by atoms with Crippen molar-refractivity contribution < 1.29 is 22.7 Å². The van der Waals surface area contributed by atoms with Crippen molar-refractivity contribution in [2.24, 2.45) is 4.36 Å². The molecule has 8 nitrogen and oxygen atoms in total. The van der Waals surface area contributed by atoms with Gasteiger partial charge in [0.1, 0.15) is 11.4 Å². The number of rotatable bonds is 5. The summed E-state index contributed by atoms with van der Waals surface area (Å²) in [4.78, 5) is 25.2. The Balaban J connectivity index is 3.11. The summed E-state index contributed by atoms with van der Waals surface area (Å²) in [5.74, 6) is -0.129. The van der Waals surface area contributed by atoms with Crippen molar-refractivity contribution in [2.75, 3.05) is 14.2 Å². The maximum atomic E-state index is 12.3. The van der Waals surface area contributed by atoms with E-state index in [2.05, 4.69) is 9.68 Å². The van der Waals surface area contributed by atoms with Crippen molar-refractivity contribution in [1.82, 2.24) is 10.2 Å². The van der Waals surface area contributed by atoms with Gasteiger partial charge in [-0.1, -0.05) is 6.07 Å². The van der Waals surface area contributed by atoms with Crippen LogP contribution in [-0.4, -0.2) is 45.5 Å². The van der Waals surface area contributed by atoms with Crippen LogP contribution in [0.25, 0.3) is 0 Å². The Morgan fingerprint density at radius 1 is 1.35 bits per heavy atom. The van der Waals surface area contributed by atoms with Crippen LogP contribution in [0.3, 0.4) is 0 Å². The van der Waals surface area contributed by atoms with Gasteiger partial charge in [0.2, 0.25) is 5.91 Å². The number of urea groups is 1. The minimum absolute atomic E-state index is 0.0659. The average Bonchev–Trinajstić information content (AvgIpc) is 2.46. The number of carbonyl (C=O) groups is 2. The maximum Gasteiger partial charge on any atom is 0.324 e. The van der Waals surface area contributed by atoms with E-state index in [0.29, 0.717) is 5.56 Å². The smallest absolute Gasteiger partial charge is 0.324 e. The van der Waals surface area contributed by atoms with Crippen molar-refractivity contribution in [2.45, 2.75) is 26.3 Å². The van der Waals surface area contributed by atoms with Crippen molar-refractivity contribution >= 4 is 28.1 Å². The van der Waals surface area contributed by atoms with Gasteiger partial charge in [0.15, 0.2) is 0 Å². The van der Waals surface area contributed by atoms with Gasteiger partial charge < -0.3 is 10.1 Å². The van der Waals surface area contributed by atoms with Crippen LogP contribution in [0.5, 0.6) is 5.75 Å². The van der Waals surface area contributed by atoms with E-state index in [1.165, 1.54) is 26.3 Å². The molecule has 0 aliphatic carbocycles. The highest BCUT2D eigenvalue weighted by Gasteiger charge is 2.23. The normalized spacial score (nSPS) is 10.1. The molecule has 0 fully saturated rings. The molecule has 0 atom stereocenters. The van der Waals surface area contributed by atoms with Gasteiger partial charge in [0.25, 0.3) is 0 Å². The lowest BCUT2D eigenvalue weighted by atomic mass is 10.1. The van der Waals surface area contributed by atoms with Crippen molar-refractivity contribution in [3.63, 3.8) is 0 Å². The first-order chi connectivity index (χ1) is 10.8. The summed E-state index contributed by atoms with van der Waals surface area (Å²) in [5, 5.41) is 2.41. The standard InChI is InChI=1S/C14H19N3O5S/c1-9(2)17(14(19)15-3)13(18)8-10-5-6-12(22-4)11(7-10)16-23(20)21/h5-7,9H,8H2,1-4H3,(H,15,19). The summed E-state index contributed by atoms with van der Waals surface area (Å²) in [6, 6.07) is 3.78. The number of imide groups is 1. The molecule has 0 unspecified atom stereocenters. The largest absolute Gasteiger partial charge is 0.494 e. The predicted molar refractivity (Wildman–Crippen MR) is 84.1 cm³/mol. The average molecular weight is 341 g/mol. The molecule has 0 spiro atoms. The molecule has 1 rings (SSSR count). The summed E-state index contributed by atoms with van der Waals surface area (Å²) in [6.07, 6.45) is -0.0659. The fourth-order valence-electron chi connectivity index (χ4n) is 2.01. The van der Waals surface area contributed by atoms with Crippen LogP contribution in [0, 0.1) is 0 Å². The molecule has 3 amide bonds. The van der Waals surface area contributed by atoms with E-state index in [0.717, 1.165) is 4.90 Å². The van der Waals surface area contributed by atoms with Crippen LogP contribution in [-0.2, 0) is 21.7 Å². The van der Waals surface area contributed by atoms with E-state index in [4.69, 9.17) is 4.74 Å². The molecule has 1 N–H and O–H groups in total. The lowest BCUT2D eigenvalue weighted by Gasteiger charge is -2.24. The van der Waals surface area contributed by atoms with E-state index in [1.807, 2.05) is 0 Å². The zero-order valence-electron chi connectivity index (χ0n) is 13.4. The molecule has 1 aromatic rings. The minimum Gasteiger partial charge on any atom is -0.494 e. The third-order valence-corrected chi connectivity index (χ3v) is 3.34. The van der Waals surface area contributed by atoms with Gasteiger partial charge >= 0.3 is 16.5 Å². The maximum absolute atomic E-state index is 12.3. The quantitative estimate of drug-likeness (QED) is 0.874. The molecule has 0 aliphatic rings. The highest BCUT2D eigenvalue weighted by molar-refractivity contribution is 7.61. The molecule has 9 heteroatoms. The Kier molecular flexibility index (Phi) is 6.70. The van der Waals surface area contributed by atoms with Crippen molar-refractivity contribution in [3.05, 3.63) is 23.8 Å². The molecule has 0 aromatic heterocycles. The van der Waals surface area contributed by atoms with Gasteiger partial charge in [-0.2, -0.15) is 8.42 Å². The van der Waals surface area contributed by atoms with Gasteiger partial charge in [-0.25, -0.2) is 4.79 Å². The fourth-order valence-corrected chi connectivity index (χ4v) is 2.32. The number of hydrogen-bond donors (Lipinski definition) is 1. The SMILES string of the molecule is CNC(=O)N(C(=O)Cc1ccc(OC)c(N=S(=O)=O)c1)C(C)C. The molecule has 1 aromatic carbocycles. The predicted octanol–water partition coefficient (Wildman–Crippen LogP) is 1.51. The Bertz CT molecular complexity index is 720.